The molecule has 0 amide bonds. The van der Waals surface area contributed by atoms with Crippen LogP contribution in [0.3, 0.4) is 0 Å². The third kappa shape index (κ3) is 8.09. The molecule has 1 atom stereocenters. The zero-order valence-electron chi connectivity index (χ0n) is 10.9. The van der Waals surface area contributed by atoms with Gasteiger partial charge in [-0.05, 0) is 13.5 Å². The number of methoxy groups -OCH3 is 2. The van der Waals surface area contributed by atoms with Crippen LogP contribution in [0.4, 0.5) is 0 Å². The molecule has 0 spiro atoms. The summed E-state index contributed by atoms with van der Waals surface area (Å²) in [7, 11) is 4.97. The lowest BCUT2D eigenvalue weighted by Gasteiger charge is -2.23. The fraction of sp³-hybridized carbons (Fsp3) is 0.909. The van der Waals surface area contributed by atoms with E-state index in [2.05, 4.69) is 10.2 Å². The molecule has 0 heterocycles. The Labute approximate surface area is 103 Å². The van der Waals surface area contributed by atoms with Crippen LogP contribution < -0.4 is 5.32 Å². The molecular formula is C11H24N2O4. The summed E-state index contributed by atoms with van der Waals surface area (Å²) in [6.45, 7) is 3.57. The van der Waals surface area contributed by atoms with Gasteiger partial charge in [0.2, 0.25) is 0 Å². The lowest BCUT2D eigenvalue weighted by molar-refractivity contribution is -0.139. The van der Waals surface area contributed by atoms with E-state index in [-0.39, 0.29) is 0 Å². The van der Waals surface area contributed by atoms with Crippen molar-refractivity contribution in [1.82, 2.24) is 10.2 Å². The van der Waals surface area contributed by atoms with Gasteiger partial charge in [-0.15, -0.1) is 0 Å². The van der Waals surface area contributed by atoms with E-state index < -0.39 is 12.0 Å². The molecule has 6 nitrogen and oxygen atoms in total. The van der Waals surface area contributed by atoms with Gasteiger partial charge in [0.15, 0.2) is 0 Å². The SMILES string of the molecule is CNC(CCN(CCOC)CCOC)C(=O)O. The third-order valence-electron chi connectivity index (χ3n) is 2.60. The number of nitrogens with one attached hydrogen (secondary N) is 1. The smallest absolute Gasteiger partial charge is 0.320 e. The topological polar surface area (TPSA) is 71.0 Å². The molecule has 0 saturated heterocycles. The van der Waals surface area contributed by atoms with Crippen molar-refractivity contribution in [3.05, 3.63) is 0 Å². The number of carbonyl (C=O) groups is 1. The Morgan fingerprint density at radius 3 is 2.12 bits per heavy atom. The molecule has 0 fully saturated rings. The van der Waals surface area contributed by atoms with E-state index in [1.54, 1.807) is 21.3 Å². The Balaban J connectivity index is 3.98. The molecule has 6 heteroatoms. The Hall–Kier alpha value is -0.690. The monoisotopic (exact) mass is 248 g/mol. The number of rotatable bonds is 11. The van der Waals surface area contributed by atoms with E-state index in [0.29, 0.717) is 26.2 Å². The molecule has 0 aromatic heterocycles. The van der Waals surface area contributed by atoms with Crippen LogP contribution in [0.25, 0.3) is 0 Å². The maximum absolute atomic E-state index is 10.8. The highest BCUT2D eigenvalue weighted by Crippen LogP contribution is 1.97. The molecule has 2 N–H and O–H groups in total. The summed E-state index contributed by atoms with van der Waals surface area (Å²) in [6.07, 6.45) is 0.569. The second kappa shape index (κ2) is 10.5. The minimum absolute atomic E-state index is 0.498. The predicted molar refractivity (Wildman–Crippen MR) is 65.3 cm³/mol. The number of hydrogen-bond donors (Lipinski definition) is 2. The van der Waals surface area contributed by atoms with E-state index in [1.165, 1.54) is 0 Å². The second-order valence-electron chi connectivity index (χ2n) is 3.80. The predicted octanol–water partition coefficient (Wildman–Crippen LogP) is -0.356. The molecular weight excluding hydrogens is 224 g/mol. The van der Waals surface area contributed by atoms with E-state index in [9.17, 15) is 4.79 Å². The summed E-state index contributed by atoms with van der Waals surface area (Å²) < 4.78 is 10.0. The van der Waals surface area contributed by atoms with Crippen LogP contribution in [-0.4, -0.2) is 76.1 Å². The van der Waals surface area contributed by atoms with Gasteiger partial charge < -0.3 is 19.9 Å². The number of nitrogens with zero attached hydrogens (tertiary/aromatic N) is 1. The van der Waals surface area contributed by atoms with Gasteiger partial charge in [-0.3, -0.25) is 9.69 Å². The molecule has 0 aliphatic carbocycles. The van der Waals surface area contributed by atoms with E-state index in [4.69, 9.17) is 14.6 Å². The Morgan fingerprint density at radius 2 is 1.76 bits per heavy atom. The zero-order chi connectivity index (χ0) is 13.1. The standard InChI is InChI=1S/C11H24N2O4/c1-12-10(11(14)15)4-5-13(6-8-16-2)7-9-17-3/h10,12H,4-9H2,1-3H3,(H,14,15). The maximum atomic E-state index is 10.8. The maximum Gasteiger partial charge on any atom is 0.320 e. The van der Waals surface area contributed by atoms with Crippen molar-refractivity contribution in [3.8, 4) is 0 Å². The van der Waals surface area contributed by atoms with Gasteiger partial charge >= 0.3 is 5.97 Å². The Kier molecular flexibility index (Phi) is 10.0. The average molecular weight is 248 g/mol. The largest absolute Gasteiger partial charge is 0.480 e. The van der Waals surface area contributed by atoms with Crippen molar-refractivity contribution in [2.45, 2.75) is 12.5 Å². The van der Waals surface area contributed by atoms with Crippen LogP contribution in [-0.2, 0) is 14.3 Å². The van der Waals surface area contributed by atoms with Gasteiger partial charge in [0, 0.05) is 33.9 Å². The third-order valence-corrected chi connectivity index (χ3v) is 2.60. The summed E-state index contributed by atoms with van der Waals surface area (Å²) in [5.74, 6) is -0.814. The van der Waals surface area contributed by atoms with Crippen molar-refractivity contribution in [1.29, 1.82) is 0 Å². The van der Waals surface area contributed by atoms with Crippen LogP contribution in [0.5, 0.6) is 0 Å². The fourth-order valence-corrected chi connectivity index (χ4v) is 1.48. The number of likely N-dealkylation sites (N-methyl/N-ethyl adjacent to an activating group) is 1. The Bertz CT molecular complexity index is 194. The van der Waals surface area contributed by atoms with Gasteiger partial charge in [0.05, 0.1) is 13.2 Å². The lowest BCUT2D eigenvalue weighted by atomic mass is 10.2. The van der Waals surface area contributed by atoms with Crippen molar-refractivity contribution in [2.24, 2.45) is 0 Å². The van der Waals surface area contributed by atoms with E-state index >= 15 is 0 Å². The van der Waals surface area contributed by atoms with E-state index in [0.717, 1.165) is 13.1 Å². The molecule has 1 unspecified atom stereocenters. The first-order valence-electron chi connectivity index (χ1n) is 5.76. The summed E-state index contributed by atoms with van der Waals surface area (Å²) in [5.41, 5.74) is 0. The van der Waals surface area contributed by atoms with Crippen molar-refractivity contribution >= 4 is 5.97 Å². The second-order valence-corrected chi connectivity index (χ2v) is 3.80. The molecule has 0 saturated carbocycles. The number of carboxylic acids is 1. The molecule has 0 aromatic carbocycles. The molecule has 0 aliphatic heterocycles. The minimum atomic E-state index is -0.814. The first-order chi connectivity index (χ1) is 8.15. The fourth-order valence-electron chi connectivity index (χ4n) is 1.48. The number of ether oxygens (including phenoxy) is 2. The summed E-state index contributed by atoms with van der Waals surface area (Å²) in [4.78, 5) is 13.0. The van der Waals surface area contributed by atoms with Gasteiger partial charge in [-0.25, -0.2) is 0 Å². The van der Waals surface area contributed by atoms with Crippen molar-refractivity contribution < 1.29 is 19.4 Å². The minimum Gasteiger partial charge on any atom is -0.480 e. The number of aliphatic carboxylic acids is 1. The Morgan fingerprint density at radius 1 is 1.24 bits per heavy atom. The highest BCUT2D eigenvalue weighted by Gasteiger charge is 2.16. The van der Waals surface area contributed by atoms with Gasteiger partial charge in [-0.2, -0.15) is 0 Å². The van der Waals surface area contributed by atoms with Gasteiger partial charge in [0.25, 0.3) is 0 Å². The number of carboxylic acid groups (broad SMARTS) is 1. The van der Waals surface area contributed by atoms with Crippen molar-refractivity contribution in [3.63, 3.8) is 0 Å². The van der Waals surface area contributed by atoms with Crippen LogP contribution in [0.1, 0.15) is 6.42 Å². The molecule has 0 radical (unpaired) electrons. The quantitative estimate of drug-likeness (QED) is 0.520. The van der Waals surface area contributed by atoms with Crippen LogP contribution in [0.15, 0.2) is 0 Å². The summed E-state index contributed by atoms with van der Waals surface area (Å²) >= 11 is 0. The van der Waals surface area contributed by atoms with Gasteiger partial charge in [-0.1, -0.05) is 0 Å². The highest BCUT2D eigenvalue weighted by molar-refractivity contribution is 5.73. The van der Waals surface area contributed by atoms with Crippen LogP contribution >= 0.6 is 0 Å². The first kappa shape index (κ1) is 16.3. The number of hydrogen-bond acceptors (Lipinski definition) is 5. The normalized spacial score (nSPS) is 12.9. The molecule has 102 valence electrons. The molecule has 0 rings (SSSR count). The van der Waals surface area contributed by atoms with E-state index in [1.807, 2.05) is 0 Å². The molecule has 0 bridgehead atoms. The van der Waals surface area contributed by atoms with Crippen molar-refractivity contribution in [2.75, 3.05) is 54.1 Å². The molecule has 0 aromatic rings. The molecule has 0 aliphatic rings. The zero-order valence-corrected chi connectivity index (χ0v) is 10.9. The van der Waals surface area contributed by atoms with Crippen LogP contribution in [0.2, 0.25) is 0 Å². The van der Waals surface area contributed by atoms with Gasteiger partial charge in [0.1, 0.15) is 6.04 Å². The highest BCUT2D eigenvalue weighted by atomic mass is 16.5. The molecule has 17 heavy (non-hydrogen) atoms. The summed E-state index contributed by atoms with van der Waals surface area (Å²) in [6, 6.07) is -0.498. The summed E-state index contributed by atoms with van der Waals surface area (Å²) in [5, 5.41) is 11.7. The lowest BCUT2D eigenvalue weighted by Crippen LogP contribution is -2.39. The van der Waals surface area contributed by atoms with Crippen LogP contribution in [0, 0.1) is 0 Å². The first-order valence-corrected chi connectivity index (χ1v) is 5.76. The average Bonchev–Trinajstić information content (AvgIpc) is 2.31.